The predicted octanol–water partition coefficient (Wildman–Crippen LogP) is 1.55. The van der Waals surface area contributed by atoms with Crippen molar-refractivity contribution in [3.05, 3.63) is 48.0 Å². The summed E-state index contributed by atoms with van der Waals surface area (Å²) < 4.78 is 0. The smallest absolute Gasteiger partial charge is 0.408 e. The van der Waals surface area contributed by atoms with Crippen molar-refractivity contribution in [2.24, 2.45) is 0 Å². The lowest BCUT2D eigenvalue weighted by Gasteiger charge is -2.37. The molecular weight excluding hydrogens is 276 g/mol. The van der Waals surface area contributed by atoms with Gasteiger partial charge in [0, 0.05) is 6.54 Å². The highest BCUT2D eigenvalue weighted by atomic mass is 16.6. The molecule has 0 saturated carbocycles. The fraction of sp³-hybridized carbons (Fsp3) is 0.286. The van der Waals surface area contributed by atoms with Crippen LogP contribution in [0.3, 0.4) is 0 Å². The maximum absolute atomic E-state index is 11.4. The number of aliphatic carboxylic acids is 1. The van der Waals surface area contributed by atoms with Crippen LogP contribution in [0.15, 0.2) is 36.9 Å². The number of nitrogens with one attached hydrogen (secondary N) is 1. The molecular formula is C14H16N2O5. The average molecular weight is 292 g/mol. The molecule has 3 N–H and O–H groups in total. The van der Waals surface area contributed by atoms with Gasteiger partial charge in [0.2, 0.25) is 0 Å². The average Bonchev–Trinajstić information content (AvgIpc) is 2.46. The van der Waals surface area contributed by atoms with E-state index in [-0.39, 0.29) is 13.2 Å². The second-order valence-electron chi connectivity index (χ2n) is 4.57. The van der Waals surface area contributed by atoms with E-state index in [2.05, 4.69) is 12.1 Å². The first kappa shape index (κ1) is 15.0. The number of hydrogen-bond donors (Lipinski definition) is 3. The zero-order valence-corrected chi connectivity index (χ0v) is 11.2. The minimum atomic E-state index is -1.28. The normalized spacial score (nSPS) is 20.7. The molecule has 1 aliphatic heterocycles. The Balaban J connectivity index is 2.37. The molecule has 2 rings (SSSR count). The molecule has 0 radical (unpaired) electrons. The number of amides is 1. The van der Waals surface area contributed by atoms with Crippen molar-refractivity contribution in [1.29, 1.82) is 0 Å². The summed E-state index contributed by atoms with van der Waals surface area (Å²) in [6, 6.07) is 5.19. The Morgan fingerprint density at radius 3 is 2.62 bits per heavy atom. The van der Waals surface area contributed by atoms with Crippen LogP contribution in [0.5, 0.6) is 0 Å². The van der Waals surface area contributed by atoms with Crippen molar-refractivity contribution in [3.63, 3.8) is 0 Å². The van der Waals surface area contributed by atoms with Crippen LogP contribution in [0.1, 0.15) is 23.2 Å². The van der Waals surface area contributed by atoms with Crippen LogP contribution in [0.2, 0.25) is 0 Å². The quantitative estimate of drug-likeness (QED) is 0.432. The molecule has 7 nitrogen and oxygen atoms in total. The van der Waals surface area contributed by atoms with Gasteiger partial charge in [-0.1, -0.05) is 30.3 Å². The minimum absolute atomic E-state index is 0.0134. The van der Waals surface area contributed by atoms with Crippen molar-refractivity contribution in [3.8, 4) is 0 Å². The highest BCUT2D eigenvalue weighted by molar-refractivity contribution is 5.82. The van der Waals surface area contributed by atoms with Gasteiger partial charge in [-0.3, -0.25) is 9.74 Å². The third kappa shape index (κ3) is 3.04. The monoisotopic (exact) mass is 292 g/mol. The van der Waals surface area contributed by atoms with Gasteiger partial charge in [-0.15, -0.1) is 6.58 Å². The summed E-state index contributed by atoms with van der Waals surface area (Å²) in [6.07, 6.45) is 0.268. The Kier molecular flexibility index (Phi) is 4.56. The Hall–Kier alpha value is -2.38. The first-order valence-electron chi connectivity index (χ1n) is 6.35. The number of hydroxylamine groups is 1. The van der Waals surface area contributed by atoms with Crippen LogP contribution in [0.25, 0.3) is 0 Å². The van der Waals surface area contributed by atoms with Gasteiger partial charge in [0.1, 0.15) is 0 Å². The summed E-state index contributed by atoms with van der Waals surface area (Å²) in [7, 11) is 0. The molecule has 1 aromatic rings. The van der Waals surface area contributed by atoms with Crippen molar-refractivity contribution >= 4 is 12.1 Å². The molecule has 0 aromatic heterocycles. The van der Waals surface area contributed by atoms with Gasteiger partial charge in [-0.25, -0.2) is 9.59 Å². The number of benzene rings is 1. The predicted molar refractivity (Wildman–Crippen MR) is 73.6 cm³/mol. The molecule has 21 heavy (non-hydrogen) atoms. The molecule has 112 valence electrons. The van der Waals surface area contributed by atoms with Crippen LogP contribution in [-0.2, 0) is 9.63 Å². The fourth-order valence-corrected chi connectivity index (χ4v) is 2.41. The molecule has 0 bridgehead atoms. The lowest BCUT2D eigenvalue weighted by molar-refractivity contribution is -0.143. The minimum Gasteiger partial charge on any atom is -0.479 e. The number of carbonyl (C=O) groups is 2. The van der Waals surface area contributed by atoms with E-state index in [4.69, 9.17) is 4.84 Å². The maximum atomic E-state index is 11.4. The number of rotatable bonds is 5. The van der Waals surface area contributed by atoms with Crippen LogP contribution >= 0.6 is 0 Å². The van der Waals surface area contributed by atoms with Gasteiger partial charge in [0.25, 0.3) is 0 Å². The number of fused-ring (bicyclic) bond motifs is 1. The third-order valence-electron chi connectivity index (χ3n) is 3.26. The Labute approximate surface area is 121 Å². The summed E-state index contributed by atoms with van der Waals surface area (Å²) in [5.41, 5.74) is 3.91. The molecule has 2 atom stereocenters. The number of nitrogens with zero attached hydrogens (tertiary/aromatic N) is 1. The third-order valence-corrected chi connectivity index (χ3v) is 3.26. The second-order valence-corrected chi connectivity index (χ2v) is 4.57. The van der Waals surface area contributed by atoms with E-state index in [1.165, 1.54) is 0 Å². The van der Waals surface area contributed by atoms with Crippen LogP contribution in [-0.4, -0.2) is 40.3 Å². The van der Waals surface area contributed by atoms with Crippen LogP contribution in [0, 0.1) is 0 Å². The molecule has 0 saturated heterocycles. The topological polar surface area (TPSA) is 99.1 Å². The van der Waals surface area contributed by atoms with Gasteiger partial charge in [0.05, 0.1) is 12.6 Å². The molecule has 1 aromatic carbocycles. The van der Waals surface area contributed by atoms with Gasteiger partial charge in [-0.2, -0.15) is 5.48 Å². The summed E-state index contributed by atoms with van der Waals surface area (Å²) >= 11 is 0. The molecule has 0 fully saturated rings. The lowest BCUT2D eigenvalue weighted by atomic mass is 9.90. The number of hydrogen-bond acceptors (Lipinski definition) is 4. The van der Waals surface area contributed by atoms with Gasteiger partial charge >= 0.3 is 12.1 Å². The molecule has 0 aliphatic carbocycles. The number of carboxylic acid groups (broad SMARTS) is 2. The van der Waals surface area contributed by atoms with Gasteiger partial charge < -0.3 is 10.2 Å². The summed E-state index contributed by atoms with van der Waals surface area (Å²) in [6.45, 7) is 3.76. The Morgan fingerprint density at radius 2 is 2.05 bits per heavy atom. The number of carboxylic acids is 1. The van der Waals surface area contributed by atoms with E-state index in [9.17, 15) is 19.8 Å². The Bertz CT molecular complexity index is 560. The zero-order valence-electron chi connectivity index (χ0n) is 11.2. The highest BCUT2D eigenvalue weighted by Gasteiger charge is 2.40. The molecule has 1 aliphatic rings. The van der Waals surface area contributed by atoms with E-state index >= 15 is 0 Å². The summed E-state index contributed by atoms with van der Waals surface area (Å²) in [5, 5.41) is 18.6. The highest BCUT2D eigenvalue weighted by Crippen LogP contribution is 2.35. The first-order chi connectivity index (χ1) is 10.1. The zero-order chi connectivity index (χ0) is 15.4. The molecule has 0 unspecified atom stereocenters. The van der Waals surface area contributed by atoms with Crippen molar-refractivity contribution in [2.45, 2.75) is 12.1 Å². The van der Waals surface area contributed by atoms with Crippen molar-refractivity contribution in [2.75, 3.05) is 13.2 Å². The molecule has 1 heterocycles. The van der Waals surface area contributed by atoms with E-state index in [1.807, 2.05) is 0 Å². The van der Waals surface area contributed by atoms with E-state index in [0.29, 0.717) is 11.1 Å². The van der Waals surface area contributed by atoms with E-state index < -0.39 is 24.1 Å². The Morgan fingerprint density at radius 1 is 1.38 bits per heavy atom. The fourth-order valence-electron chi connectivity index (χ4n) is 2.41. The SMILES string of the molecule is C=CCON[C@H]1CN(C(=O)O)[C@H](C(=O)O)c2ccccc21. The lowest BCUT2D eigenvalue weighted by Crippen LogP contribution is -2.47. The molecule has 0 spiro atoms. The van der Waals surface area contributed by atoms with Gasteiger partial charge in [0.15, 0.2) is 6.04 Å². The summed E-state index contributed by atoms with van der Waals surface area (Å²) in [5.74, 6) is -1.20. The van der Waals surface area contributed by atoms with Crippen molar-refractivity contribution in [1.82, 2.24) is 10.4 Å². The largest absolute Gasteiger partial charge is 0.479 e. The van der Waals surface area contributed by atoms with Gasteiger partial charge in [-0.05, 0) is 11.1 Å². The molecule has 1 amide bonds. The van der Waals surface area contributed by atoms with Crippen molar-refractivity contribution < 1.29 is 24.6 Å². The molecule has 7 heteroatoms. The maximum Gasteiger partial charge on any atom is 0.408 e. The summed E-state index contributed by atoms with van der Waals surface area (Å²) in [4.78, 5) is 28.8. The van der Waals surface area contributed by atoms with E-state index in [0.717, 1.165) is 4.90 Å². The first-order valence-corrected chi connectivity index (χ1v) is 6.35. The van der Waals surface area contributed by atoms with Crippen LogP contribution < -0.4 is 5.48 Å². The standard InChI is InChI=1S/C14H16N2O5/c1-2-7-21-15-11-8-16(14(19)20)12(13(17)18)10-6-4-3-5-9(10)11/h2-6,11-12,15H,1,7-8H2,(H,17,18)(H,19,20)/t11-,12-/m0/s1. The van der Waals surface area contributed by atoms with E-state index in [1.54, 1.807) is 30.3 Å². The van der Waals surface area contributed by atoms with Crippen LogP contribution in [0.4, 0.5) is 4.79 Å². The second kappa shape index (κ2) is 6.38.